The van der Waals surface area contributed by atoms with Gasteiger partial charge in [-0.2, -0.15) is 0 Å². The fourth-order valence-electron chi connectivity index (χ4n) is 1.55. The molecule has 21 heavy (non-hydrogen) atoms. The maximum atomic E-state index is 12.1. The Kier molecular flexibility index (Phi) is 5.32. The first-order chi connectivity index (χ1) is 9.73. The maximum Gasteiger partial charge on any atom is 0.323 e. The zero-order chi connectivity index (χ0) is 16.0. The van der Waals surface area contributed by atoms with Crippen LogP contribution in [-0.4, -0.2) is 49.6 Å². The number of anilines is 1. The predicted octanol–water partition coefficient (Wildman–Crippen LogP) is 0.218. The van der Waals surface area contributed by atoms with Crippen molar-refractivity contribution in [3.8, 4) is 12.3 Å². The highest BCUT2D eigenvalue weighted by atomic mass is 32.2. The Hall–Kier alpha value is -2.53. The smallest absolute Gasteiger partial charge is 0.323 e. The number of hydrogen-bond acceptors (Lipinski definition) is 4. The molecule has 0 atom stereocenters. The van der Waals surface area contributed by atoms with E-state index in [4.69, 9.17) is 11.5 Å². The minimum atomic E-state index is -3.40. The van der Waals surface area contributed by atoms with Gasteiger partial charge in [-0.05, 0) is 24.3 Å². The lowest BCUT2D eigenvalue weighted by Crippen LogP contribution is -2.35. The third-order valence-corrected chi connectivity index (χ3v) is 2.94. The Labute approximate surface area is 122 Å². The van der Waals surface area contributed by atoms with Crippen LogP contribution in [0.15, 0.2) is 24.3 Å². The van der Waals surface area contributed by atoms with E-state index in [2.05, 4.69) is 10.6 Å². The Morgan fingerprint density at radius 3 is 2.33 bits per heavy atom. The molecule has 0 heterocycles. The summed E-state index contributed by atoms with van der Waals surface area (Å²) in [6.45, 7) is -0.638. The quantitative estimate of drug-likeness (QED) is 0.731. The normalized spacial score (nSPS) is 10.5. The van der Waals surface area contributed by atoms with Crippen molar-refractivity contribution in [3.05, 3.63) is 29.8 Å². The summed E-state index contributed by atoms with van der Waals surface area (Å²) >= 11 is 0. The van der Waals surface area contributed by atoms with Crippen molar-refractivity contribution in [2.45, 2.75) is 0 Å². The van der Waals surface area contributed by atoms with E-state index < -0.39 is 28.4 Å². The molecule has 0 aromatic heterocycles. The highest BCUT2D eigenvalue weighted by molar-refractivity contribution is 7.92. The zero-order valence-electron chi connectivity index (χ0n) is 11.2. The fourth-order valence-corrected chi connectivity index (χ4v) is 2.11. The summed E-state index contributed by atoms with van der Waals surface area (Å²) < 4.78 is 24.4. The monoisotopic (exact) mass is 310 g/mol. The number of hydrogen-bond donors (Lipinski definition) is 2. The molecule has 1 aromatic rings. The number of carbonyl (C=O) groups is 2. The molecular formula is C13H14N2O5S. The summed E-state index contributed by atoms with van der Waals surface area (Å²) in [5.41, 5.74) is 0.515. The molecule has 0 saturated heterocycles. The van der Waals surface area contributed by atoms with Crippen LogP contribution < -0.4 is 4.72 Å². The number of nitrogens with one attached hydrogen (secondary N) is 1. The molecule has 0 aliphatic carbocycles. The lowest BCUT2D eigenvalue weighted by molar-refractivity contribution is -0.137. The first-order valence-electron chi connectivity index (χ1n) is 5.75. The molecule has 8 heteroatoms. The highest BCUT2D eigenvalue weighted by Crippen LogP contribution is 2.12. The maximum absolute atomic E-state index is 12.1. The molecule has 2 N–H and O–H groups in total. The molecule has 0 bridgehead atoms. The van der Waals surface area contributed by atoms with Gasteiger partial charge in [-0.15, -0.1) is 6.42 Å². The third-order valence-electron chi connectivity index (χ3n) is 2.33. The number of carbonyl (C=O) groups excluding carboxylic acids is 1. The standard InChI is InChI=1S/C13H14N2O5S/c1-3-8-15(9-12(16)17)13(18)10-4-6-11(7-5-10)14-21(2,19)20/h1,4-7,14H,8-9H2,2H3,(H,16,17). The van der Waals surface area contributed by atoms with Crippen LogP contribution in [0.2, 0.25) is 0 Å². The molecule has 1 rings (SSSR count). The van der Waals surface area contributed by atoms with E-state index in [-0.39, 0.29) is 12.1 Å². The number of nitrogens with zero attached hydrogens (tertiary/aromatic N) is 1. The lowest BCUT2D eigenvalue weighted by atomic mass is 10.2. The molecular weight excluding hydrogens is 296 g/mol. The Morgan fingerprint density at radius 1 is 1.33 bits per heavy atom. The highest BCUT2D eigenvalue weighted by Gasteiger charge is 2.17. The van der Waals surface area contributed by atoms with Gasteiger partial charge in [-0.1, -0.05) is 5.92 Å². The first-order valence-corrected chi connectivity index (χ1v) is 7.64. The van der Waals surface area contributed by atoms with Crippen molar-refractivity contribution in [2.24, 2.45) is 0 Å². The second-order valence-electron chi connectivity index (χ2n) is 4.21. The number of sulfonamides is 1. The van der Waals surface area contributed by atoms with E-state index in [0.29, 0.717) is 5.69 Å². The van der Waals surface area contributed by atoms with E-state index in [0.717, 1.165) is 11.2 Å². The fraction of sp³-hybridized carbons (Fsp3) is 0.231. The van der Waals surface area contributed by atoms with Crippen molar-refractivity contribution < 1.29 is 23.1 Å². The number of terminal acetylenes is 1. The van der Waals surface area contributed by atoms with Gasteiger partial charge in [-0.3, -0.25) is 14.3 Å². The van der Waals surface area contributed by atoms with Gasteiger partial charge in [-0.25, -0.2) is 8.42 Å². The Morgan fingerprint density at radius 2 is 1.90 bits per heavy atom. The van der Waals surface area contributed by atoms with E-state index in [1.807, 2.05) is 0 Å². The van der Waals surface area contributed by atoms with Gasteiger partial charge in [0, 0.05) is 11.3 Å². The van der Waals surface area contributed by atoms with Gasteiger partial charge in [0.15, 0.2) is 0 Å². The first kappa shape index (κ1) is 16.5. The van der Waals surface area contributed by atoms with Crippen molar-refractivity contribution in [1.29, 1.82) is 0 Å². The minimum absolute atomic E-state index is 0.130. The topological polar surface area (TPSA) is 104 Å². The van der Waals surface area contributed by atoms with Gasteiger partial charge >= 0.3 is 5.97 Å². The summed E-state index contributed by atoms with van der Waals surface area (Å²) in [7, 11) is -3.40. The molecule has 0 aliphatic rings. The van der Waals surface area contributed by atoms with E-state index in [1.165, 1.54) is 24.3 Å². The minimum Gasteiger partial charge on any atom is -0.480 e. The average molecular weight is 310 g/mol. The lowest BCUT2D eigenvalue weighted by Gasteiger charge is -2.18. The van der Waals surface area contributed by atoms with Crippen molar-refractivity contribution in [2.75, 3.05) is 24.1 Å². The second kappa shape index (κ2) is 6.76. The van der Waals surface area contributed by atoms with Crippen molar-refractivity contribution in [1.82, 2.24) is 4.90 Å². The van der Waals surface area contributed by atoms with Crippen LogP contribution in [0.4, 0.5) is 5.69 Å². The SMILES string of the molecule is C#CCN(CC(=O)O)C(=O)c1ccc(NS(C)(=O)=O)cc1. The molecule has 112 valence electrons. The molecule has 1 amide bonds. The molecule has 0 aliphatic heterocycles. The molecule has 0 fully saturated rings. The number of rotatable bonds is 6. The van der Waals surface area contributed by atoms with Crippen LogP contribution in [0.5, 0.6) is 0 Å². The van der Waals surface area contributed by atoms with Gasteiger partial charge in [0.25, 0.3) is 5.91 Å². The van der Waals surface area contributed by atoms with Gasteiger partial charge in [0.2, 0.25) is 10.0 Å². The number of carboxylic acid groups (broad SMARTS) is 1. The molecule has 1 aromatic carbocycles. The van der Waals surface area contributed by atoms with E-state index in [9.17, 15) is 18.0 Å². The number of amides is 1. The number of aliphatic carboxylic acids is 1. The molecule has 0 unspecified atom stereocenters. The summed E-state index contributed by atoms with van der Waals surface area (Å²) in [6.07, 6.45) is 6.11. The van der Waals surface area contributed by atoms with Crippen LogP contribution >= 0.6 is 0 Å². The molecule has 7 nitrogen and oxygen atoms in total. The van der Waals surface area contributed by atoms with Crippen molar-refractivity contribution in [3.63, 3.8) is 0 Å². The van der Waals surface area contributed by atoms with Crippen LogP contribution in [0.3, 0.4) is 0 Å². The zero-order valence-corrected chi connectivity index (χ0v) is 12.1. The summed E-state index contributed by atoms with van der Waals surface area (Å²) in [5.74, 6) is 0.504. The van der Waals surface area contributed by atoms with E-state index >= 15 is 0 Å². The van der Waals surface area contributed by atoms with Crippen LogP contribution in [0.1, 0.15) is 10.4 Å². The number of benzene rings is 1. The van der Waals surface area contributed by atoms with Gasteiger partial charge < -0.3 is 10.0 Å². The van der Waals surface area contributed by atoms with E-state index in [1.54, 1.807) is 0 Å². The third kappa shape index (κ3) is 5.54. The summed E-state index contributed by atoms with van der Waals surface area (Å²) in [5, 5.41) is 8.74. The molecule has 0 radical (unpaired) electrons. The molecule has 0 saturated carbocycles. The van der Waals surface area contributed by atoms with Gasteiger partial charge in [0.05, 0.1) is 12.8 Å². The summed E-state index contributed by atoms with van der Waals surface area (Å²) in [6, 6.07) is 5.59. The average Bonchev–Trinajstić information content (AvgIpc) is 2.36. The van der Waals surface area contributed by atoms with Gasteiger partial charge in [0.1, 0.15) is 6.54 Å². The number of carboxylic acids is 1. The summed E-state index contributed by atoms with van der Waals surface area (Å²) in [4.78, 5) is 23.8. The Balaban J connectivity index is 2.91. The predicted molar refractivity (Wildman–Crippen MR) is 77.3 cm³/mol. The largest absolute Gasteiger partial charge is 0.480 e. The van der Waals surface area contributed by atoms with Crippen LogP contribution in [0.25, 0.3) is 0 Å². The molecule has 0 spiro atoms. The van der Waals surface area contributed by atoms with Crippen LogP contribution in [0, 0.1) is 12.3 Å². The Bertz CT molecular complexity index is 674. The van der Waals surface area contributed by atoms with Crippen molar-refractivity contribution >= 4 is 27.6 Å². The second-order valence-corrected chi connectivity index (χ2v) is 5.96. The van der Waals surface area contributed by atoms with Crippen LogP contribution in [-0.2, 0) is 14.8 Å².